The molecule has 1 aliphatic rings. The van der Waals surface area contributed by atoms with Gasteiger partial charge in [-0.2, -0.15) is 0 Å². The van der Waals surface area contributed by atoms with Gasteiger partial charge in [0.2, 0.25) is 5.91 Å². The molecule has 0 fully saturated rings. The molecular weight excluding hydrogens is 336 g/mol. The molecule has 0 radical (unpaired) electrons. The standard InChI is InChI=1S/C15H21BrN2O3/c1-20-7-5-18-14(19)2-4-17-10-12-9-13(16)8-11-3-6-21-15(11)12/h8-9,17H,2-7,10H2,1H3,(H,18,19). The summed E-state index contributed by atoms with van der Waals surface area (Å²) >= 11 is 3.52. The molecular formula is C15H21BrN2O3. The van der Waals surface area contributed by atoms with Gasteiger partial charge in [-0.25, -0.2) is 0 Å². The lowest BCUT2D eigenvalue weighted by Crippen LogP contribution is -2.30. The third-order valence-corrected chi connectivity index (χ3v) is 3.76. The molecule has 2 rings (SSSR count). The van der Waals surface area contributed by atoms with Crippen LogP contribution in [-0.4, -0.2) is 39.3 Å². The van der Waals surface area contributed by atoms with Crippen molar-refractivity contribution >= 4 is 21.8 Å². The average molecular weight is 357 g/mol. The summed E-state index contributed by atoms with van der Waals surface area (Å²) in [5.74, 6) is 1.03. The zero-order valence-corrected chi connectivity index (χ0v) is 13.8. The highest BCUT2D eigenvalue weighted by atomic mass is 79.9. The summed E-state index contributed by atoms with van der Waals surface area (Å²) in [5.41, 5.74) is 2.38. The molecule has 0 saturated carbocycles. The number of carbonyl (C=O) groups is 1. The summed E-state index contributed by atoms with van der Waals surface area (Å²) < 4.78 is 11.6. The highest BCUT2D eigenvalue weighted by Gasteiger charge is 2.17. The highest BCUT2D eigenvalue weighted by molar-refractivity contribution is 9.10. The Kier molecular flexibility index (Phi) is 6.48. The van der Waals surface area contributed by atoms with Crippen LogP contribution in [-0.2, 0) is 22.5 Å². The van der Waals surface area contributed by atoms with Crippen molar-refractivity contribution in [1.29, 1.82) is 0 Å². The molecule has 1 amide bonds. The van der Waals surface area contributed by atoms with Crippen LogP contribution >= 0.6 is 15.9 Å². The Morgan fingerprint density at radius 1 is 1.43 bits per heavy atom. The number of hydrogen-bond acceptors (Lipinski definition) is 4. The zero-order chi connectivity index (χ0) is 15.1. The van der Waals surface area contributed by atoms with Crippen molar-refractivity contribution in [1.82, 2.24) is 10.6 Å². The van der Waals surface area contributed by atoms with Crippen LogP contribution in [0.15, 0.2) is 16.6 Å². The predicted molar refractivity (Wildman–Crippen MR) is 84.6 cm³/mol. The maximum absolute atomic E-state index is 11.5. The second-order valence-electron chi connectivity index (χ2n) is 4.92. The second-order valence-corrected chi connectivity index (χ2v) is 5.84. The van der Waals surface area contributed by atoms with E-state index in [9.17, 15) is 4.79 Å². The van der Waals surface area contributed by atoms with Crippen molar-refractivity contribution in [3.05, 3.63) is 27.7 Å². The average Bonchev–Trinajstić information content (AvgIpc) is 2.91. The van der Waals surface area contributed by atoms with Gasteiger partial charge in [0, 0.05) is 49.6 Å². The lowest BCUT2D eigenvalue weighted by Gasteiger charge is -2.10. The van der Waals surface area contributed by atoms with E-state index in [1.54, 1.807) is 7.11 Å². The number of nitrogens with one attached hydrogen (secondary N) is 2. The summed E-state index contributed by atoms with van der Waals surface area (Å²) in [6.45, 7) is 3.19. The second kappa shape index (κ2) is 8.36. The van der Waals surface area contributed by atoms with Gasteiger partial charge in [0.15, 0.2) is 0 Å². The maximum Gasteiger partial charge on any atom is 0.221 e. The van der Waals surface area contributed by atoms with Gasteiger partial charge in [0.1, 0.15) is 5.75 Å². The van der Waals surface area contributed by atoms with Crippen molar-refractivity contribution in [2.45, 2.75) is 19.4 Å². The minimum Gasteiger partial charge on any atom is -0.493 e. The van der Waals surface area contributed by atoms with Crippen molar-refractivity contribution in [2.24, 2.45) is 0 Å². The van der Waals surface area contributed by atoms with Crippen LogP contribution in [0.2, 0.25) is 0 Å². The van der Waals surface area contributed by atoms with Crippen LogP contribution < -0.4 is 15.4 Å². The molecule has 1 aromatic carbocycles. The first-order chi connectivity index (χ1) is 10.2. The van der Waals surface area contributed by atoms with E-state index in [-0.39, 0.29) is 5.91 Å². The Labute approximate surface area is 133 Å². The summed E-state index contributed by atoms with van der Waals surface area (Å²) in [6, 6.07) is 4.17. The van der Waals surface area contributed by atoms with E-state index in [2.05, 4.69) is 38.7 Å². The molecule has 0 atom stereocenters. The molecule has 0 aliphatic carbocycles. The number of carbonyl (C=O) groups excluding carboxylic acids is 1. The quantitative estimate of drug-likeness (QED) is 0.695. The summed E-state index contributed by atoms with van der Waals surface area (Å²) in [7, 11) is 1.62. The lowest BCUT2D eigenvalue weighted by molar-refractivity contribution is -0.121. The maximum atomic E-state index is 11.5. The van der Waals surface area contributed by atoms with Gasteiger partial charge >= 0.3 is 0 Å². The third-order valence-electron chi connectivity index (χ3n) is 3.30. The monoisotopic (exact) mass is 356 g/mol. The first-order valence-corrected chi connectivity index (χ1v) is 7.90. The Balaban J connectivity index is 1.73. The molecule has 1 heterocycles. The molecule has 1 aliphatic heterocycles. The van der Waals surface area contributed by atoms with E-state index in [4.69, 9.17) is 9.47 Å². The van der Waals surface area contributed by atoms with Crippen LogP contribution in [0, 0.1) is 0 Å². The normalized spacial score (nSPS) is 12.9. The fourth-order valence-electron chi connectivity index (χ4n) is 2.28. The largest absolute Gasteiger partial charge is 0.493 e. The molecule has 116 valence electrons. The molecule has 0 bridgehead atoms. The molecule has 0 aromatic heterocycles. The molecule has 0 saturated heterocycles. The zero-order valence-electron chi connectivity index (χ0n) is 12.2. The third kappa shape index (κ3) is 4.98. The predicted octanol–water partition coefficient (Wildman–Crippen LogP) is 1.63. The van der Waals surface area contributed by atoms with Crippen molar-refractivity contribution < 1.29 is 14.3 Å². The van der Waals surface area contributed by atoms with E-state index >= 15 is 0 Å². The van der Waals surface area contributed by atoms with Gasteiger partial charge in [-0.1, -0.05) is 15.9 Å². The van der Waals surface area contributed by atoms with Gasteiger partial charge in [-0.15, -0.1) is 0 Å². The van der Waals surface area contributed by atoms with Gasteiger partial charge in [0.05, 0.1) is 13.2 Å². The van der Waals surface area contributed by atoms with Gasteiger partial charge < -0.3 is 20.1 Å². The Bertz CT molecular complexity index is 494. The summed E-state index contributed by atoms with van der Waals surface area (Å²) in [5, 5.41) is 6.08. The van der Waals surface area contributed by atoms with E-state index in [0.717, 1.165) is 28.8 Å². The van der Waals surface area contributed by atoms with Gasteiger partial charge in [-0.3, -0.25) is 4.79 Å². The number of rotatable bonds is 8. The first-order valence-electron chi connectivity index (χ1n) is 7.11. The topological polar surface area (TPSA) is 59.6 Å². The fraction of sp³-hybridized carbons (Fsp3) is 0.533. The van der Waals surface area contributed by atoms with Crippen molar-refractivity contribution in [2.75, 3.05) is 33.4 Å². The minimum atomic E-state index is 0.0373. The number of benzene rings is 1. The van der Waals surface area contributed by atoms with Gasteiger partial charge in [0.25, 0.3) is 0 Å². The minimum absolute atomic E-state index is 0.0373. The van der Waals surface area contributed by atoms with E-state index < -0.39 is 0 Å². The molecule has 1 aromatic rings. The number of amides is 1. The van der Waals surface area contributed by atoms with Crippen LogP contribution in [0.5, 0.6) is 5.75 Å². The number of hydrogen-bond donors (Lipinski definition) is 2. The SMILES string of the molecule is COCCNC(=O)CCNCc1cc(Br)cc2c1OCC2. The summed E-state index contributed by atoms with van der Waals surface area (Å²) in [4.78, 5) is 11.5. The number of methoxy groups -OCH3 is 1. The first kappa shape index (κ1) is 16.3. The molecule has 6 heteroatoms. The molecule has 0 spiro atoms. The van der Waals surface area contributed by atoms with Crippen LogP contribution in [0.1, 0.15) is 17.5 Å². The number of halogens is 1. The molecule has 2 N–H and O–H groups in total. The van der Waals surface area contributed by atoms with Crippen molar-refractivity contribution in [3.63, 3.8) is 0 Å². The summed E-state index contributed by atoms with van der Waals surface area (Å²) in [6.07, 6.45) is 1.42. The molecule has 5 nitrogen and oxygen atoms in total. The number of ether oxygens (including phenoxy) is 2. The van der Waals surface area contributed by atoms with E-state index in [1.807, 2.05) is 0 Å². The van der Waals surface area contributed by atoms with Crippen LogP contribution in [0.25, 0.3) is 0 Å². The molecule has 21 heavy (non-hydrogen) atoms. The Morgan fingerprint density at radius 2 is 2.29 bits per heavy atom. The van der Waals surface area contributed by atoms with E-state index in [0.29, 0.717) is 32.7 Å². The van der Waals surface area contributed by atoms with E-state index in [1.165, 1.54) is 5.56 Å². The fourth-order valence-corrected chi connectivity index (χ4v) is 2.84. The lowest BCUT2D eigenvalue weighted by atomic mass is 10.1. The number of fused-ring (bicyclic) bond motifs is 1. The smallest absolute Gasteiger partial charge is 0.221 e. The highest BCUT2D eigenvalue weighted by Crippen LogP contribution is 2.32. The van der Waals surface area contributed by atoms with Gasteiger partial charge in [-0.05, 0) is 17.7 Å². The Morgan fingerprint density at radius 3 is 3.10 bits per heavy atom. The van der Waals surface area contributed by atoms with Crippen molar-refractivity contribution in [3.8, 4) is 5.75 Å². The Hall–Kier alpha value is -1.11. The van der Waals surface area contributed by atoms with Crippen LogP contribution in [0.4, 0.5) is 0 Å². The van der Waals surface area contributed by atoms with Crippen LogP contribution in [0.3, 0.4) is 0 Å². The molecule has 0 unspecified atom stereocenters.